The Labute approximate surface area is 122 Å². The second-order valence-corrected chi connectivity index (χ2v) is 4.28. The Bertz CT molecular complexity index is 646. The summed E-state index contributed by atoms with van der Waals surface area (Å²) in [5, 5.41) is 12.1. The minimum atomic E-state index is -0.976. The maximum atomic E-state index is 10.9. The van der Waals surface area contributed by atoms with E-state index in [0.717, 1.165) is 5.56 Å². The number of rotatable bonds is 6. The smallest absolute Gasteiger partial charge is 0.335 e. The Kier molecular flexibility index (Phi) is 4.65. The molecular weight excluding hydrogens is 272 g/mol. The molecule has 0 spiro atoms. The average molecular weight is 288 g/mol. The molecular formula is C14H16N4O3. The third kappa shape index (κ3) is 3.65. The second-order valence-electron chi connectivity index (χ2n) is 4.28. The molecule has 0 saturated heterocycles. The average Bonchev–Trinajstić information content (AvgIpc) is 2.48. The minimum Gasteiger partial charge on any atom is -0.478 e. The van der Waals surface area contributed by atoms with Gasteiger partial charge >= 0.3 is 5.97 Å². The van der Waals surface area contributed by atoms with Crippen LogP contribution in [0.25, 0.3) is 0 Å². The molecule has 0 radical (unpaired) electrons. The number of carboxylic acid groups (broad SMARTS) is 1. The van der Waals surface area contributed by atoms with Crippen LogP contribution in [0.15, 0.2) is 24.7 Å². The lowest BCUT2D eigenvalue weighted by Gasteiger charge is -2.11. The van der Waals surface area contributed by atoms with Crippen molar-refractivity contribution in [1.82, 2.24) is 15.0 Å². The standard InChI is InChI=1S/C14H16N4O3/c1-3-21-13-9(2)12(17-8-18-13)16-7-11-6-10(14(19)20)4-5-15-11/h4-6,8H,3,7H2,1-2H3,(H,19,20)(H,16,17,18). The fourth-order valence-corrected chi connectivity index (χ4v) is 1.78. The molecule has 21 heavy (non-hydrogen) atoms. The van der Waals surface area contributed by atoms with Gasteiger partial charge in [0.15, 0.2) is 0 Å². The maximum absolute atomic E-state index is 10.9. The van der Waals surface area contributed by atoms with Crippen LogP contribution in [0.4, 0.5) is 5.82 Å². The van der Waals surface area contributed by atoms with Gasteiger partial charge < -0.3 is 15.2 Å². The van der Waals surface area contributed by atoms with Crippen molar-refractivity contribution in [3.8, 4) is 5.88 Å². The molecule has 110 valence electrons. The number of pyridine rings is 1. The van der Waals surface area contributed by atoms with E-state index in [-0.39, 0.29) is 5.56 Å². The normalized spacial score (nSPS) is 10.2. The molecule has 0 amide bonds. The lowest BCUT2D eigenvalue weighted by atomic mass is 10.2. The van der Waals surface area contributed by atoms with Crippen molar-refractivity contribution in [2.75, 3.05) is 11.9 Å². The molecule has 2 aromatic heterocycles. The molecule has 0 unspecified atom stereocenters. The number of nitrogens with one attached hydrogen (secondary N) is 1. The van der Waals surface area contributed by atoms with Crippen LogP contribution in [0.3, 0.4) is 0 Å². The van der Waals surface area contributed by atoms with Gasteiger partial charge in [-0.15, -0.1) is 0 Å². The summed E-state index contributed by atoms with van der Waals surface area (Å²) in [5.41, 5.74) is 1.62. The fraction of sp³-hybridized carbons (Fsp3) is 0.286. The summed E-state index contributed by atoms with van der Waals surface area (Å²) in [7, 11) is 0. The van der Waals surface area contributed by atoms with Crippen molar-refractivity contribution in [3.05, 3.63) is 41.5 Å². The summed E-state index contributed by atoms with van der Waals surface area (Å²) in [4.78, 5) is 23.2. The molecule has 0 aliphatic carbocycles. The SMILES string of the molecule is CCOc1ncnc(NCc2cc(C(=O)O)ccn2)c1C. The Morgan fingerprint density at radius 1 is 1.38 bits per heavy atom. The number of ether oxygens (including phenoxy) is 1. The van der Waals surface area contributed by atoms with Crippen molar-refractivity contribution >= 4 is 11.8 Å². The van der Waals surface area contributed by atoms with Gasteiger partial charge in [0.1, 0.15) is 12.1 Å². The summed E-state index contributed by atoms with van der Waals surface area (Å²) >= 11 is 0. The van der Waals surface area contributed by atoms with E-state index in [1.165, 1.54) is 24.7 Å². The van der Waals surface area contributed by atoms with Crippen LogP contribution >= 0.6 is 0 Å². The zero-order valence-electron chi connectivity index (χ0n) is 11.8. The van der Waals surface area contributed by atoms with Crippen LogP contribution in [0.2, 0.25) is 0 Å². The van der Waals surface area contributed by atoms with E-state index in [1.807, 2.05) is 13.8 Å². The van der Waals surface area contributed by atoms with E-state index in [0.29, 0.717) is 30.5 Å². The zero-order valence-corrected chi connectivity index (χ0v) is 11.8. The molecule has 2 aromatic rings. The Morgan fingerprint density at radius 3 is 2.90 bits per heavy atom. The highest BCUT2D eigenvalue weighted by molar-refractivity contribution is 5.87. The minimum absolute atomic E-state index is 0.205. The number of aromatic nitrogens is 3. The van der Waals surface area contributed by atoms with E-state index in [4.69, 9.17) is 9.84 Å². The van der Waals surface area contributed by atoms with Gasteiger partial charge in [-0.1, -0.05) is 0 Å². The molecule has 0 atom stereocenters. The van der Waals surface area contributed by atoms with Crippen LogP contribution in [0, 0.1) is 6.92 Å². The van der Waals surface area contributed by atoms with Crippen LogP contribution in [-0.4, -0.2) is 32.6 Å². The Balaban J connectivity index is 2.11. The number of hydrogen-bond acceptors (Lipinski definition) is 6. The molecule has 0 saturated carbocycles. The molecule has 0 aromatic carbocycles. The topological polar surface area (TPSA) is 97.2 Å². The van der Waals surface area contributed by atoms with Gasteiger partial charge in [-0.05, 0) is 26.0 Å². The third-order valence-corrected chi connectivity index (χ3v) is 2.82. The predicted molar refractivity (Wildman–Crippen MR) is 76.5 cm³/mol. The lowest BCUT2D eigenvalue weighted by molar-refractivity contribution is 0.0696. The molecule has 2 heterocycles. The highest BCUT2D eigenvalue weighted by Gasteiger charge is 2.09. The number of carbonyl (C=O) groups is 1. The van der Waals surface area contributed by atoms with Crippen LogP contribution in [0.5, 0.6) is 5.88 Å². The van der Waals surface area contributed by atoms with Gasteiger partial charge in [-0.3, -0.25) is 4.98 Å². The van der Waals surface area contributed by atoms with Gasteiger partial charge in [-0.2, -0.15) is 0 Å². The first-order valence-electron chi connectivity index (χ1n) is 6.48. The maximum Gasteiger partial charge on any atom is 0.335 e. The third-order valence-electron chi connectivity index (χ3n) is 2.82. The zero-order chi connectivity index (χ0) is 15.2. The van der Waals surface area contributed by atoms with Crippen LogP contribution in [0.1, 0.15) is 28.5 Å². The molecule has 2 rings (SSSR count). The highest BCUT2D eigenvalue weighted by atomic mass is 16.5. The number of carboxylic acids is 1. The highest BCUT2D eigenvalue weighted by Crippen LogP contribution is 2.20. The van der Waals surface area contributed by atoms with E-state index < -0.39 is 5.97 Å². The van der Waals surface area contributed by atoms with E-state index in [1.54, 1.807) is 0 Å². The largest absolute Gasteiger partial charge is 0.478 e. The Morgan fingerprint density at radius 2 is 2.19 bits per heavy atom. The fourth-order valence-electron chi connectivity index (χ4n) is 1.78. The number of nitrogens with zero attached hydrogens (tertiary/aromatic N) is 3. The van der Waals surface area contributed by atoms with Gasteiger partial charge in [0.2, 0.25) is 5.88 Å². The summed E-state index contributed by atoms with van der Waals surface area (Å²) in [6.45, 7) is 4.63. The van der Waals surface area contributed by atoms with Gasteiger partial charge in [0.25, 0.3) is 0 Å². The molecule has 7 nitrogen and oxygen atoms in total. The van der Waals surface area contributed by atoms with Gasteiger partial charge in [0.05, 0.1) is 30.0 Å². The predicted octanol–water partition coefficient (Wildman–Crippen LogP) is 1.89. The summed E-state index contributed by atoms with van der Waals surface area (Å²) < 4.78 is 5.40. The van der Waals surface area contributed by atoms with Crippen molar-refractivity contribution in [1.29, 1.82) is 0 Å². The number of aromatic carboxylic acids is 1. The van der Waals surface area contributed by atoms with E-state index >= 15 is 0 Å². The first-order valence-corrected chi connectivity index (χ1v) is 6.48. The van der Waals surface area contributed by atoms with Gasteiger partial charge in [-0.25, -0.2) is 14.8 Å². The van der Waals surface area contributed by atoms with Crippen molar-refractivity contribution in [2.24, 2.45) is 0 Å². The van der Waals surface area contributed by atoms with Gasteiger partial charge in [0, 0.05) is 6.20 Å². The molecule has 0 aliphatic heterocycles. The molecule has 7 heteroatoms. The first-order chi connectivity index (χ1) is 10.1. The molecule has 2 N–H and O–H groups in total. The van der Waals surface area contributed by atoms with Crippen LogP contribution in [-0.2, 0) is 6.54 Å². The molecule has 0 fully saturated rings. The molecule has 0 bridgehead atoms. The summed E-state index contributed by atoms with van der Waals surface area (Å²) in [6.07, 6.45) is 2.89. The van der Waals surface area contributed by atoms with E-state index in [2.05, 4.69) is 20.3 Å². The lowest BCUT2D eigenvalue weighted by Crippen LogP contribution is -2.08. The quantitative estimate of drug-likeness (QED) is 0.837. The first kappa shape index (κ1) is 14.7. The number of hydrogen-bond donors (Lipinski definition) is 2. The molecule has 0 aliphatic rings. The second kappa shape index (κ2) is 6.65. The van der Waals surface area contributed by atoms with Crippen molar-refractivity contribution in [2.45, 2.75) is 20.4 Å². The Hall–Kier alpha value is -2.70. The van der Waals surface area contributed by atoms with Crippen molar-refractivity contribution < 1.29 is 14.6 Å². The van der Waals surface area contributed by atoms with Crippen LogP contribution < -0.4 is 10.1 Å². The van der Waals surface area contributed by atoms with Crippen molar-refractivity contribution in [3.63, 3.8) is 0 Å². The summed E-state index contributed by atoms with van der Waals surface area (Å²) in [5.74, 6) is 0.189. The summed E-state index contributed by atoms with van der Waals surface area (Å²) in [6, 6.07) is 2.98. The van der Waals surface area contributed by atoms with E-state index in [9.17, 15) is 4.79 Å². The monoisotopic (exact) mass is 288 g/mol. The number of anilines is 1.